The fourth-order valence-corrected chi connectivity index (χ4v) is 3.43. The van der Waals surface area contributed by atoms with E-state index in [9.17, 15) is 19.5 Å². The van der Waals surface area contributed by atoms with E-state index in [1.807, 2.05) is 30.3 Å². The largest absolute Gasteiger partial charge is 0.480 e. The average molecular weight is 390 g/mol. The molecular weight excluding hydrogens is 368 g/mol. The number of carbonyl (C=O) groups excluding carboxylic acids is 2. The number of carboxylic acid groups (broad SMARTS) is 1. The molecule has 4 N–H and O–H groups in total. The maximum atomic E-state index is 13.3. The highest BCUT2D eigenvalue weighted by Crippen LogP contribution is 2.32. The summed E-state index contributed by atoms with van der Waals surface area (Å²) in [6.45, 7) is 0. The van der Waals surface area contributed by atoms with Gasteiger partial charge in [0.05, 0.1) is 12.1 Å². The van der Waals surface area contributed by atoms with Gasteiger partial charge in [-0.15, -0.1) is 0 Å². The van der Waals surface area contributed by atoms with E-state index in [-0.39, 0.29) is 6.42 Å². The molecule has 2 unspecified atom stereocenters. The summed E-state index contributed by atoms with van der Waals surface area (Å²) in [6, 6.07) is 15.5. The SMILES string of the molecule is N[C@@H](Cc1ccccc1)C(=O)C1(C(=O)O)C=CC=CC1NC(=O)c1ccccc1. The highest BCUT2D eigenvalue weighted by atomic mass is 16.4. The normalized spacial score (nSPS) is 21.3. The zero-order valence-corrected chi connectivity index (χ0v) is 15.7. The van der Waals surface area contributed by atoms with Crippen molar-refractivity contribution in [2.45, 2.75) is 18.5 Å². The lowest BCUT2D eigenvalue weighted by molar-refractivity contribution is -0.153. The van der Waals surface area contributed by atoms with Gasteiger partial charge >= 0.3 is 5.97 Å². The van der Waals surface area contributed by atoms with Crippen LogP contribution in [0.1, 0.15) is 15.9 Å². The van der Waals surface area contributed by atoms with E-state index < -0.39 is 35.2 Å². The van der Waals surface area contributed by atoms with Gasteiger partial charge in [-0.1, -0.05) is 72.8 Å². The van der Waals surface area contributed by atoms with Gasteiger partial charge in [0, 0.05) is 5.56 Å². The molecule has 1 aliphatic carbocycles. The number of amides is 1. The molecule has 1 amide bonds. The van der Waals surface area contributed by atoms with Crippen molar-refractivity contribution < 1.29 is 19.5 Å². The van der Waals surface area contributed by atoms with Gasteiger partial charge in [0.2, 0.25) is 0 Å². The summed E-state index contributed by atoms with van der Waals surface area (Å²) in [5.74, 6) is -2.48. The Bertz CT molecular complexity index is 953. The van der Waals surface area contributed by atoms with Gasteiger partial charge in [-0.05, 0) is 24.1 Å². The van der Waals surface area contributed by atoms with Crippen molar-refractivity contribution in [3.05, 3.63) is 96.1 Å². The topological polar surface area (TPSA) is 109 Å². The number of rotatable bonds is 7. The van der Waals surface area contributed by atoms with Gasteiger partial charge in [0.15, 0.2) is 11.2 Å². The minimum atomic E-state index is -1.98. The Morgan fingerprint density at radius 2 is 1.62 bits per heavy atom. The van der Waals surface area contributed by atoms with E-state index in [0.29, 0.717) is 5.56 Å². The van der Waals surface area contributed by atoms with Crippen molar-refractivity contribution in [3.8, 4) is 0 Å². The molecule has 0 heterocycles. The number of aliphatic carboxylic acids is 1. The molecule has 2 aromatic rings. The van der Waals surface area contributed by atoms with Crippen LogP contribution in [-0.2, 0) is 16.0 Å². The molecule has 0 bridgehead atoms. The van der Waals surface area contributed by atoms with Crippen molar-refractivity contribution in [1.82, 2.24) is 5.32 Å². The van der Waals surface area contributed by atoms with Gasteiger partial charge in [-0.3, -0.25) is 14.4 Å². The molecule has 0 spiro atoms. The molecule has 3 atom stereocenters. The summed E-state index contributed by atoms with van der Waals surface area (Å²) < 4.78 is 0. The molecule has 6 heteroatoms. The molecule has 0 aliphatic heterocycles. The second-order valence-electron chi connectivity index (χ2n) is 6.90. The number of carboxylic acids is 1. The highest BCUT2D eigenvalue weighted by molar-refractivity contribution is 6.10. The van der Waals surface area contributed by atoms with Gasteiger partial charge < -0.3 is 16.2 Å². The van der Waals surface area contributed by atoms with Crippen molar-refractivity contribution in [1.29, 1.82) is 0 Å². The molecule has 0 saturated heterocycles. The zero-order valence-electron chi connectivity index (χ0n) is 15.7. The summed E-state index contributed by atoms with van der Waals surface area (Å²) in [6.07, 6.45) is 6.10. The van der Waals surface area contributed by atoms with Gasteiger partial charge in [0.25, 0.3) is 5.91 Å². The molecule has 0 radical (unpaired) electrons. The predicted molar refractivity (Wildman–Crippen MR) is 109 cm³/mol. The van der Waals surface area contributed by atoms with Crippen LogP contribution in [0.3, 0.4) is 0 Å². The summed E-state index contributed by atoms with van der Waals surface area (Å²) in [5.41, 5.74) is 5.34. The van der Waals surface area contributed by atoms with Crippen LogP contribution in [0.15, 0.2) is 85.0 Å². The first kappa shape index (κ1) is 20.2. The third-order valence-corrected chi connectivity index (χ3v) is 4.98. The Morgan fingerprint density at radius 1 is 1.00 bits per heavy atom. The predicted octanol–water partition coefficient (Wildman–Crippen LogP) is 2.12. The second-order valence-corrected chi connectivity index (χ2v) is 6.90. The summed E-state index contributed by atoms with van der Waals surface area (Å²) in [7, 11) is 0. The van der Waals surface area contributed by atoms with Gasteiger partial charge in [0.1, 0.15) is 0 Å². The zero-order chi connectivity index (χ0) is 20.9. The van der Waals surface area contributed by atoms with Crippen molar-refractivity contribution >= 4 is 17.7 Å². The molecule has 2 aromatic carbocycles. The number of allylic oxidation sites excluding steroid dienone is 2. The minimum absolute atomic E-state index is 0.200. The number of nitrogens with one attached hydrogen (secondary N) is 1. The molecule has 0 aromatic heterocycles. The molecule has 29 heavy (non-hydrogen) atoms. The van der Waals surface area contributed by atoms with E-state index in [1.165, 1.54) is 18.2 Å². The van der Waals surface area contributed by atoms with Crippen molar-refractivity contribution in [2.24, 2.45) is 11.1 Å². The first-order chi connectivity index (χ1) is 13.9. The van der Waals surface area contributed by atoms with Gasteiger partial charge in [-0.2, -0.15) is 0 Å². The molecule has 148 valence electrons. The number of carbonyl (C=O) groups is 3. The van der Waals surface area contributed by atoms with E-state index in [2.05, 4.69) is 5.32 Å². The molecular formula is C23H22N2O4. The van der Waals surface area contributed by atoms with Crippen LogP contribution < -0.4 is 11.1 Å². The third kappa shape index (κ3) is 4.17. The minimum Gasteiger partial charge on any atom is -0.480 e. The van der Waals surface area contributed by atoms with Crippen LogP contribution in [0.4, 0.5) is 0 Å². The number of hydrogen-bond donors (Lipinski definition) is 3. The Hall–Kier alpha value is -3.51. The fourth-order valence-electron chi connectivity index (χ4n) is 3.43. The van der Waals surface area contributed by atoms with Crippen LogP contribution in [0, 0.1) is 5.41 Å². The standard InChI is InChI=1S/C23H22N2O4/c24-18(15-16-9-3-1-4-10-16)20(26)23(22(28)29)14-8-7-13-19(23)25-21(27)17-11-5-2-6-12-17/h1-14,18-19H,15,24H2,(H,25,27)(H,28,29)/t18-,19?,23?/m0/s1. The Kier molecular flexibility index (Phi) is 6.04. The van der Waals surface area contributed by atoms with Crippen LogP contribution in [0.5, 0.6) is 0 Å². The number of benzene rings is 2. The summed E-state index contributed by atoms with van der Waals surface area (Å²) >= 11 is 0. The Balaban J connectivity index is 1.88. The molecule has 6 nitrogen and oxygen atoms in total. The van der Waals surface area contributed by atoms with Crippen LogP contribution in [0.2, 0.25) is 0 Å². The van der Waals surface area contributed by atoms with Crippen LogP contribution in [-0.4, -0.2) is 34.8 Å². The second kappa shape index (κ2) is 8.67. The first-order valence-electron chi connectivity index (χ1n) is 9.24. The summed E-state index contributed by atoms with van der Waals surface area (Å²) in [4.78, 5) is 38.1. The van der Waals surface area contributed by atoms with E-state index in [0.717, 1.165) is 5.56 Å². The van der Waals surface area contributed by atoms with Crippen molar-refractivity contribution in [3.63, 3.8) is 0 Å². The fraction of sp³-hybridized carbons (Fsp3) is 0.174. The van der Waals surface area contributed by atoms with Crippen molar-refractivity contribution in [2.75, 3.05) is 0 Å². The lowest BCUT2D eigenvalue weighted by atomic mass is 9.71. The Morgan fingerprint density at radius 3 is 2.24 bits per heavy atom. The monoisotopic (exact) mass is 390 g/mol. The maximum absolute atomic E-state index is 13.3. The Labute approximate surface area is 168 Å². The third-order valence-electron chi connectivity index (χ3n) is 4.98. The lowest BCUT2D eigenvalue weighted by Gasteiger charge is -2.35. The summed E-state index contributed by atoms with van der Waals surface area (Å²) in [5, 5.41) is 12.7. The quantitative estimate of drug-likeness (QED) is 0.628. The average Bonchev–Trinajstić information content (AvgIpc) is 2.74. The van der Waals surface area contributed by atoms with Crippen LogP contribution in [0.25, 0.3) is 0 Å². The van der Waals surface area contributed by atoms with Gasteiger partial charge in [-0.25, -0.2) is 0 Å². The van der Waals surface area contributed by atoms with E-state index >= 15 is 0 Å². The molecule has 0 fully saturated rings. The smallest absolute Gasteiger partial charge is 0.323 e. The van der Waals surface area contributed by atoms with E-state index in [1.54, 1.807) is 36.4 Å². The lowest BCUT2D eigenvalue weighted by Crippen LogP contribution is -2.59. The molecule has 1 aliphatic rings. The highest BCUT2D eigenvalue weighted by Gasteiger charge is 2.52. The van der Waals surface area contributed by atoms with E-state index in [4.69, 9.17) is 5.73 Å². The molecule has 0 saturated carbocycles. The number of ketones is 1. The number of Topliss-reactive ketones (excluding diaryl/α,β-unsaturated/α-hetero) is 1. The number of hydrogen-bond acceptors (Lipinski definition) is 4. The molecule has 3 rings (SSSR count). The maximum Gasteiger partial charge on any atom is 0.323 e. The van der Waals surface area contributed by atoms with Crippen LogP contribution >= 0.6 is 0 Å². The number of nitrogens with two attached hydrogens (primary N) is 1. The first-order valence-corrected chi connectivity index (χ1v) is 9.24.